The van der Waals surface area contributed by atoms with E-state index in [2.05, 4.69) is 15.5 Å². The van der Waals surface area contributed by atoms with Gasteiger partial charge in [-0.15, -0.1) is 5.10 Å². The van der Waals surface area contributed by atoms with Gasteiger partial charge < -0.3 is 5.73 Å². The van der Waals surface area contributed by atoms with Gasteiger partial charge in [-0.2, -0.15) is 0 Å². The Kier molecular flexibility index (Phi) is 2.61. The smallest absolute Gasteiger partial charge is 0.148 e. The molecule has 1 aromatic carbocycles. The first-order chi connectivity index (χ1) is 7.24. The minimum absolute atomic E-state index is 0.0294. The van der Waals surface area contributed by atoms with Crippen LogP contribution in [0.1, 0.15) is 5.56 Å². The lowest BCUT2D eigenvalue weighted by molar-refractivity contribution is 0.606. The molecule has 5 nitrogen and oxygen atoms in total. The Bertz CT molecular complexity index is 470. The van der Waals surface area contributed by atoms with Crippen LogP contribution in [0.15, 0.2) is 18.5 Å². The molecule has 0 saturated heterocycles. The molecule has 0 saturated carbocycles. The van der Waals surface area contributed by atoms with Crippen LogP contribution >= 0.6 is 11.6 Å². The number of hydrogen-bond acceptors (Lipinski definition) is 4. The highest BCUT2D eigenvalue weighted by Crippen LogP contribution is 2.23. The zero-order valence-corrected chi connectivity index (χ0v) is 8.32. The third-order valence-corrected chi connectivity index (χ3v) is 2.26. The number of benzene rings is 1. The molecule has 2 aromatic rings. The quantitative estimate of drug-likeness (QED) is 0.828. The van der Waals surface area contributed by atoms with E-state index in [0.717, 1.165) is 0 Å². The minimum atomic E-state index is -0.535. The average molecular weight is 228 g/mol. The van der Waals surface area contributed by atoms with Crippen molar-refractivity contribution in [1.82, 2.24) is 20.2 Å². The lowest BCUT2D eigenvalue weighted by atomic mass is 10.1. The molecule has 0 aliphatic rings. The van der Waals surface area contributed by atoms with Crippen LogP contribution in [0.5, 0.6) is 0 Å². The maximum atomic E-state index is 13.6. The van der Waals surface area contributed by atoms with Gasteiger partial charge in [0.05, 0.1) is 10.7 Å². The van der Waals surface area contributed by atoms with E-state index < -0.39 is 5.82 Å². The van der Waals surface area contributed by atoms with E-state index in [9.17, 15) is 4.39 Å². The van der Waals surface area contributed by atoms with Gasteiger partial charge in [0.25, 0.3) is 0 Å². The van der Waals surface area contributed by atoms with Crippen molar-refractivity contribution in [2.75, 3.05) is 0 Å². The van der Waals surface area contributed by atoms with Gasteiger partial charge in [-0.05, 0) is 22.6 Å². The molecule has 0 atom stereocenters. The minimum Gasteiger partial charge on any atom is -0.326 e. The number of halogens is 2. The topological polar surface area (TPSA) is 69.6 Å². The molecule has 15 heavy (non-hydrogen) atoms. The van der Waals surface area contributed by atoms with Crippen molar-refractivity contribution in [1.29, 1.82) is 0 Å². The lowest BCUT2D eigenvalue weighted by Gasteiger charge is -2.08. The van der Waals surface area contributed by atoms with Crippen molar-refractivity contribution in [2.24, 2.45) is 5.73 Å². The summed E-state index contributed by atoms with van der Waals surface area (Å²) in [5, 5.41) is 10.6. The van der Waals surface area contributed by atoms with Crippen LogP contribution in [0.2, 0.25) is 5.02 Å². The molecular weight excluding hydrogens is 221 g/mol. The summed E-state index contributed by atoms with van der Waals surface area (Å²) in [5.74, 6) is -0.535. The van der Waals surface area contributed by atoms with E-state index in [0.29, 0.717) is 5.69 Å². The van der Waals surface area contributed by atoms with Gasteiger partial charge in [0.2, 0.25) is 0 Å². The van der Waals surface area contributed by atoms with E-state index >= 15 is 0 Å². The molecule has 1 aromatic heterocycles. The summed E-state index contributed by atoms with van der Waals surface area (Å²) in [6.07, 6.45) is 1.36. The fourth-order valence-corrected chi connectivity index (χ4v) is 1.44. The number of tetrazole rings is 1. The summed E-state index contributed by atoms with van der Waals surface area (Å²) in [6, 6.07) is 3.05. The maximum absolute atomic E-state index is 13.6. The summed E-state index contributed by atoms with van der Waals surface area (Å²) >= 11 is 5.63. The van der Waals surface area contributed by atoms with Gasteiger partial charge in [-0.25, -0.2) is 9.07 Å². The highest BCUT2D eigenvalue weighted by molar-refractivity contribution is 6.30. The molecule has 0 radical (unpaired) electrons. The monoisotopic (exact) mass is 227 g/mol. The molecule has 78 valence electrons. The lowest BCUT2D eigenvalue weighted by Crippen LogP contribution is -2.08. The van der Waals surface area contributed by atoms with Crippen LogP contribution < -0.4 is 5.73 Å². The summed E-state index contributed by atoms with van der Waals surface area (Å²) in [5.41, 5.74) is 6.22. The summed E-state index contributed by atoms with van der Waals surface area (Å²) < 4.78 is 14.9. The molecule has 0 bridgehead atoms. The summed E-state index contributed by atoms with van der Waals surface area (Å²) in [4.78, 5) is 0. The van der Waals surface area contributed by atoms with E-state index in [4.69, 9.17) is 17.3 Å². The Morgan fingerprint density at radius 2 is 2.27 bits per heavy atom. The van der Waals surface area contributed by atoms with Crippen molar-refractivity contribution < 1.29 is 4.39 Å². The zero-order chi connectivity index (χ0) is 10.8. The Hall–Kier alpha value is -1.53. The van der Waals surface area contributed by atoms with Gasteiger partial charge in [0, 0.05) is 12.1 Å². The predicted octanol–water partition coefficient (Wildman–Crippen LogP) is 0.913. The second kappa shape index (κ2) is 3.92. The van der Waals surface area contributed by atoms with Gasteiger partial charge in [-0.1, -0.05) is 11.6 Å². The van der Waals surface area contributed by atoms with Crippen molar-refractivity contribution >= 4 is 11.6 Å². The Labute approximate surface area is 89.6 Å². The van der Waals surface area contributed by atoms with E-state index in [1.165, 1.54) is 17.1 Å². The van der Waals surface area contributed by atoms with E-state index in [1.54, 1.807) is 6.07 Å². The van der Waals surface area contributed by atoms with E-state index in [1.807, 2.05) is 0 Å². The molecule has 0 fully saturated rings. The average Bonchev–Trinajstić information content (AvgIpc) is 2.75. The Balaban J connectivity index is 2.62. The molecule has 0 aliphatic heterocycles. The highest BCUT2D eigenvalue weighted by Gasteiger charge is 2.12. The van der Waals surface area contributed by atoms with Crippen LogP contribution in [-0.2, 0) is 6.54 Å². The SMILES string of the molecule is NCc1c(-n2cnnn2)ccc(Cl)c1F. The highest BCUT2D eigenvalue weighted by atomic mass is 35.5. The third kappa shape index (κ3) is 1.69. The second-order valence-corrected chi connectivity index (χ2v) is 3.22. The summed E-state index contributed by atoms with van der Waals surface area (Å²) in [7, 11) is 0. The summed E-state index contributed by atoms with van der Waals surface area (Å²) in [6.45, 7) is 0.0294. The fraction of sp³-hybridized carbons (Fsp3) is 0.125. The second-order valence-electron chi connectivity index (χ2n) is 2.82. The van der Waals surface area contributed by atoms with Crippen molar-refractivity contribution in [2.45, 2.75) is 6.54 Å². The molecule has 0 unspecified atom stereocenters. The van der Waals surface area contributed by atoms with Crippen LogP contribution in [0.3, 0.4) is 0 Å². The first-order valence-electron chi connectivity index (χ1n) is 4.14. The van der Waals surface area contributed by atoms with Crippen LogP contribution in [0.25, 0.3) is 5.69 Å². The molecule has 7 heteroatoms. The van der Waals surface area contributed by atoms with E-state index in [-0.39, 0.29) is 17.1 Å². The number of aromatic nitrogens is 4. The van der Waals surface area contributed by atoms with Crippen molar-refractivity contribution in [3.05, 3.63) is 34.9 Å². The molecule has 1 heterocycles. The van der Waals surface area contributed by atoms with Crippen LogP contribution in [0, 0.1) is 5.82 Å². The fourth-order valence-electron chi connectivity index (χ4n) is 1.26. The Morgan fingerprint density at radius 3 is 2.87 bits per heavy atom. The first kappa shape index (κ1) is 10.0. The number of nitrogens with two attached hydrogens (primary N) is 1. The molecule has 2 rings (SSSR count). The van der Waals surface area contributed by atoms with Gasteiger partial charge in [0.15, 0.2) is 0 Å². The predicted molar refractivity (Wildman–Crippen MR) is 52.0 cm³/mol. The number of rotatable bonds is 2. The molecule has 2 N–H and O–H groups in total. The zero-order valence-electron chi connectivity index (χ0n) is 7.56. The van der Waals surface area contributed by atoms with Gasteiger partial charge >= 0.3 is 0 Å². The number of hydrogen-bond donors (Lipinski definition) is 1. The van der Waals surface area contributed by atoms with Gasteiger partial charge in [-0.3, -0.25) is 0 Å². The van der Waals surface area contributed by atoms with Crippen LogP contribution in [-0.4, -0.2) is 20.2 Å². The molecule has 0 amide bonds. The molecule has 0 aliphatic carbocycles. The van der Waals surface area contributed by atoms with Crippen LogP contribution in [0.4, 0.5) is 4.39 Å². The van der Waals surface area contributed by atoms with Crippen molar-refractivity contribution in [3.63, 3.8) is 0 Å². The molecule has 0 spiro atoms. The standard InChI is InChI=1S/C8H7ClFN5/c9-6-1-2-7(5(3-11)8(6)10)15-4-12-13-14-15/h1-2,4H,3,11H2. The first-order valence-corrected chi connectivity index (χ1v) is 4.52. The van der Waals surface area contributed by atoms with Crippen molar-refractivity contribution in [3.8, 4) is 5.69 Å². The largest absolute Gasteiger partial charge is 0.326 e. The molecular formula is C8H7ClFN5. The maximum Gasteiger partial charge on any atom is 0.148 e. The Morgan fingerprint density at radius 1 is 1.47 bits per heavy atom. The number of nitrogens with zero attached hydrogens (tertiary/aromatic N) is 4. The van der Waals surface area contributed by atoms with Gasteiger partial charge in [0.1, 0.15) is 12.1 Å². The normalized spacial score (nSPS) is 10.6. The third-order valence-electron chi connectivity index (χ3n) is 1.97.